The Labute approximate surface area is 110 Å². The molecule has 0 aliphatic rings. The van der Waals surface area contributed by atoms with Crippen LogP contribution in [-0.2, 0) is 11.0 Å². The van der Waals surface area contributed by atoms with E-state index in [9.17, 15) is 5.11 Å². The highest BCUT2D eigenvalue weighted by Crippen LogP contribution is 2.30. The third-order valence-electron chi connectivity index (χ3n) is 3.08. The molecule has 0 saturated carbocycles. The van der Waals surface area contributed by atoms with E-state index in [1.54, 1.807) is 0 Å². The molecule has 0 saturated heterocycles. The highest BCUT2D eigenvalue weighted by atomic mass is 16.3. The van der Waals surface area contributed by atoms with Gasteiger partial charge in [-0.1, -0.05) is 45.0 Å². The summed E-state index contributed by atoms with van der Waals surface area (Å²) in [6.07, 6.45) is 11.1. The van der Waals surface area contributed by atoms with Crippen molar-refractivity contribution in [2.45, 2.75) is 44.6 Å². The summed E-state index contributed by atoms with van der Waals surface area (Å²) in [4.78, 5) is 0. The second-order valence-corrected chi connectivity index (χ2v) is 5.62. The third kappa shape index (κ3) is 3.16. The molecule has 1 aromatic carbocycles. The summed E-state index contributed by atoms with van der Waals surface area (Å²) in [5.74, 6) is 4.98. The first-order valence-electron chi connectivity index (χ1n) is 6.04. The lowest BCUT2D eigenvalue weighted by Crippen LogP contribution is -2.24. The van der Waals surface area contributed by atoms with Crippen molar-refractivity contribution in [3.8, 4) is 24.7 Å². The van der Waals surface area contributed by atoms with Gasteiger partial charge < -0.3 is 5.11 Å². The average molecular weight is 240 g/mol. The number of aliphatic hydroxyl groups is 1. The zero-order chi connectivity index (χ0) is 13.8. The van der Waals surface area contributed by atoms with Crippen LogP contribution in [0.1, 0.15) is 44.7 Å². The summed E-state index contributed by atoms with van der Waals surface area (Å²) in [6.45, 7) is 6.45. The van der Waals surface area contributed by atoms with Crippen LogP contribution < -0.4 is 0 Å². The standard InChI is InChI=1S/C17H20O/c1-6-12-17(18,13-7-2)15-10-8-14(9-11-15)16(3,4)5/h1-2,8-11,18H,12-13H2,3-5H3. The molecule has 94 valence electrons. The van der Waals surface area contributed by atoms with Crippen molar-refractivity contribution < 1.29 is 5.11 Å². The van der Waals surface area contributed by atoms with Gasteiger partial charge in [-0.2, -0.15) is 0 Å². The minimum atomic E-state index is -1.11. The van der Waals surface area contributed by atoms with E-state index in [1.165, 1.54) is 5.56 Å². The van der Waals surface area contributed by atoms with Crippen LogP contribution in [0.5, 0.6) is 0 Å². The van der Waals surface area contributed by atoms with Gasteiger partial charge in [-0.25, -0.2) is 0 Å². The van der Waals surface area contributed by atoms with Gasteiger partial charge in [0.25, 0.3) is 0 Å². The molecule has 0 atom stereocenters. The Morgan fingerprint density at radius 1 is 0.944 bits per heavy atom. The molecule has 0 aliphatic carbocycles. The Morgan fingerprint density at radius 2 is 1.33 bits per heavy atom. The van der Waals surface area contributed by atoms with Gasteiger partial charge >= 0.3 is 0 Å². The average Bonchev–Trinajstić information content (AvgIpc) is 2.29. The summed E-state index contributed by atoms with van der Waals surface area (Å²) in [6, 6.07) is 7.87. The predicted octanol–water partition coefficient (Wildman–Crippen LogP) is 3.22. The molecule has 0 aromatic heterocycles. The van der Waals surface area contributed by atoms with Crippen LogP contribution in [0.2, 0.25) is 0 Å². The highest BCUT2D eigenvalue weighted by Gasteiger charge is 2.27. The van der Waals surface area contributed by atoms with Crippen molar-refractivity contribution >= 4 is 0 Å². The van der Waals surface area contributed by atoms with E-state index in [1.807, 2.05) is 24.3 Å². The fraction of sp³-hybridized carbons (Fsp3) is 0.412. The summed E-state index contributed by atoms with van der Waals surface area (Å²) in [5, 5.41) is 10.5. The van der Waals surface area contributed by atoms with E-state index >= 15 is 0 Å². The molecule has 0 bridgehead atoms. The topological polar surface area (TPSA) is 20.2 Å². The second-order valence-electron chi connectivity index (χ2n) is 5.62. The molecular formula is C17H20O. The van der Waals surface area contributed by atoms with Crippen LogP contribution in [-0.4, -0.2) is 5.11 Å². The van der Waals surface area contributed by atoms with Crippen molar-refractivity contribution in [1.82, 2.24) is 0 Å². The van der Waals surface area contributed by atoms with Crippen LogP contribution in [0, 0.1) is 24.7 Å². The molecule has 0 fully saturated rings. The Kier molecular flexibility index (Phi) is 4.23. The lowest BCUT2D eigenvalue weighted by atomic mass is 9.83. The predicted molar refractivity (Wildman–Crippen MR) is 75.9 cm³/mol. The SMILES string of the molecule is C#CCC(O)(CC#C)c1ccc(C(C)(C)C)cc1. The van der Waals surface area contributed by atoms with Crippen LogP contribution in [0.15, 0.2) is 24.3 Å². The van der Waals surface area contributed by atoms with Crippen molar-refractivity contribution in [3.05, 3.63) is 35.4 Å². The molecule has 0 spiro atoms. The lowest BCUT2D eigenvalue weighted by Gasteiger charge is -2.26. The van der Waals surface area contributed by atoms with Crippen LogP contribution >= 0.6 is 0 Å². The lowest BCUT2D eigenvalue weighted by molar-refractivity contribution is 0.0475. The second kappa shape index (κ2) is 5.30. The molecule has 1 heteroatoms. The van der Waals surface area contributed by atoms with Gasteiger partial charge in [-0.05, 0) is 16.5 Å². The molecule has 0 amide bonds. The summed E-state index contributed by atoms with van der Waals surface area (Å²) in [5.41, 5.74) is 0.982. The van der Waals surface area contributed by atoms with E-state index in [4.69, 9.17) is 12.8 Å². The Bertz CT molecular complexity index is 458. The summed E-state index contributed by atoms with van der Waals surface area (Å²) in [7, 11) is 0. The first-order valence-corrected chi connectivity index (χ1v) is 6.04. The zero-order valence-corrected chi connectivity index (χ0v) is 11.3. The van der Waals surface area contributed by atoms with Crippen molar-refractivity contribution in [2.75, 3.05) is 0 Å². The molecule has 0 unspecified atom stereocenters. The summed E-state index contributed by atoms with van der Waals surface area (Å²) < 4.78 is 0. The van der Waals surface area contributed by atoms with E-state index in [2.05, 4.69) is 32.6 Å². The maximum atomic E-state index is 10.5. The third-order valence-corrected chi connectivity index (χ3v) is 3.08. The van der Waals surface area contributed by atoms with Crippen molar-refractivity contribution in [2.24, 2.45) is 0 Å². The Morgan fingerprint density at radius 3 is 1.67 bits per heavy atom. The number of hydrogen-bond donors (Lipinski definition) is 1. The van der Waals surface area contributed by atoms with E-state index in [0.29, 0.717) is 0 Å². The fourth-order valence-electron chi connectivity index (χ4n) is 1.88. The van der Waals surface area contributed by atoms with Gasteiger partial charge in [0.2, 0.25) is 0 Å². The number of terminal acetylenes is 2. The number of rotatable bonds is 3. The van der Waals surface area contributed by atoms with Crippen LogP contribution in [0.25, 0.3) is 0 Å². The molecule has 1 rings (SSSR count). The first kappa shape index (κ1) is 14.4. The normalized spacial score (nSPS) is 11.7. The molecular weight excluding hydrogens is 220 g/mol. The monoisotopic (exact) mass is 240 g/mol. The fourth-order valence-corrected chi connectivity index (χ4v) is 1.88. The molecule has 0 radical (unpaired) electrons. The molecule has 1 N–H and O–H groups in total. The van der Waals surface area contributed by atoms with Gasteiger partial charge in [0.05, 0.1) is 0 Å². The molecule has 1 nitrogen and oxygen atoms in total. The highest BCUT2D eigenvalue weighted by molar-refractivity contribution is 5.32. The maximum absolute atomic E-state index is 10.5. The minimum absolute atomic E-state index is 0.0921. The minimum Gasteiger partial charge on any atom is -0.383 e. The molecule has 18 heavy (non-hydrogen) atoms. The van der Waals surface area contributed by atoms with E-state index < -0.39 is 5.60 Å². The number of hydrogen-bond acceptors (Lipinski definition) is 1. The van der Waals surface area contributed by atoms with Crippen LogP contribution in [0.3, 0.4) is 0 Å². The van der Waals surface area contributed by atoms with Gasteiger partial charge in [0.15, 0.2) is 0 Å². The largest absolute Gasteiger partial charge is 0.383 e. The molecule has 1 aromatic rings. The van der Waals surface area contributed by atoms with E-state index in [-0.39, 0.29) is 18.3 Å². The van der Waals surface area contributed by atoms with Gasteiger partial charge in [0, 0.05) is 12.8 Å². The molecule has 0 aliphatic heterocycles. The summed E-state index contributed by atoms with van der Waals surface area (Å²) >= 11 is 0. The van der Waals surface area contributed by atoms with Crippen molar-refractivity contribution in [1.29, 1.82) is 0 Å². The zero-order valence-electron chi connectivity index (χ0n) is 11.3. The van der Waals surface area contributed by atoms with Gasteiger partial charge in [0.1, 0.15) is 5.60 Å². The Hall–Kier alpha value is -1.70. The maximum Gasteiger partial charge on any atom is 0.111 e. The van der Waals surface area contributed by atoms with Gasteiger partial charge in [-0.15, -0.1) is 24.7 Å². The Balaban J connectivity index is 3.10. The molecule has 0 heterocycles. The van der Waals surface area contributed by atoms with E-state index in [0.717, 1.165) is 5.56 Å². The quantitative estimate of drug-likeness (QED) is 0.804. The van der Waals surface area contributed by atoms with Gasteiger partial charge in [-0.3, -0.25) is 0 Å². The van der Waals surface area contributed by atoms with Crippen molar-refractivity contribution in [3.63, 3.8) is 0 Å². The van der Waals surface area contributed by atoms with Crippen LogP contribution in [0.4, 0.5) is 0 Å². The number of benzene rings is 1. The first-order chi connectivity index (χ1) is 8.33. The smallest absolute Gasteiger partial charge is 0.111 e.